The molecule has 4 aliphatic rings. The highest BCUT2D eigenvalue weighted by molar-refractivity contribution is 8.02. The summed E-state index contributed by atoms with van der Waals surface area (Å²) in [7, 11) is 0. The van der Waals surface area contributed by atoms with E-state index in [0.29, 0.717) is 19.6 Å². The van der Waals surface area contributed by atoms with Gasteiger partial charge >= 0.3 is 5.97 Å². The summed E-state index contributed by atoms with van der Waals surface area (Å²) in [4.78, 5) is 47.3. The fraction of sp³-hybridized carbons (Fsp3) is 0.629. The highest BCUT2D eigenvalue weighted by atomic mass is 32.2. The predicted molar refractivity (Wildman–Crippen MR) is 170 cm³/mol. The van der Waals surface area contributed by atoms with E-state index in [2.05, 4.69) is 46.8 Å². The molecule has 7 nitrogen and oxygen atoms in total. The Labute approximate surface area is 261 Å². The van der Waals surface area contributed by atoms with E-state index >= 15 is 4.79 Å². The fourth-order valence-electron chi connectivity index (χ4n) is 8.21. The Hall–Kier alpha value is -2.58. The van der Waals surface area contributed by atoms with Gasteiger partial charge in [0.25, 0.3) is 0 Å². The number of thioether (sulfide) groups is 1. The average molecular weight is 609 g/mol. The number of hydrogen-bond donors (Lipinski definition) is 1. The number of benzene rings is 1. The van der Waals surface area contributed by atoms with E-state index < -0.39 is 39.0 Å². The predicted octanol–water partition coefficient (Wildman–Crippen LogP) is 5.17. The van der Waals surface area contributed by atoms with Gasteiger partial charge in [-0.15, -0.1) is 11.8 Å². The highest BCUT2D eigenvalue weighted by Crippen LogP contribution is 2.65. The van der Waals surface area contributed by atoms with Crippen LogP contribution in [0.15, 0.2) is 54.6 Å². The molecule has 8 heteroatoms. The van der Waals surface area contributed by atoms with E-state index in [1.807, 2.05) is 54.3 Å². The standard InChI is InChI=1S/C35H48N2O5S/c1-32(2,3)23-33(4,5)36-19-14-18-35-26(27-31(41)42-20-13-8-7-12-17-34(27,6)43-35)29(39)37(28(35)30(36)40)25(22-38)21-24-15-10-9-11-16-24/h9-12,14-18,25-28,38H,7-8,13,19-23H2,1-6H3/b17-12-/t25-,26+,27+,28?,34-,35+/m1/s1. The number of carbonyl (C=O) groups excluding carboxylic acids is 3. The fourth-order valence-corrected chi connectivity index (χ4v) is 10.3. The molecular formula is C35H48N2O5S. The number of fused-ring (bicyclic) bond motifs is 2. The second-order valence-electron chi connectivity index (χ2n) is 14.7. The molecule has 5 rings (SSSR count). The lowest BCUT2D eigenvalue weighted by Crippen LogP contribution is -2.61. The van der Waals surface area contributed by atoms with E-state index in [4.69, 9.17) is 4.74 Å². The zero-order valence-electron chi connectivity index (χ0n) is 26.5. The van der Waals surface area contributed by atoms with Crippen molar-refractivity contribution in [3.8, 4) is 0 Å². The van der Waals surface area contributed by atoms with Crippen LogP contribution >= 0.6 is 11.8 Å². The number of nitrogens with zero attached hydrogens (tertiary/aromatic N) is 2. The summed E-state index contributed by atoms with van der Waals surface area (Å²) in [6, 6.07) is 8.26. The number of carbonyl (C=O) groups is 3. The van der Waals surface area contributed by atoms with E-state index in [9.17, 15) is 14.7 Å². The molecule has 2 fully saturated rings. The third kappa shape index (κ3) is 5.82. The Kier molecular flexibility index (Phi) is 8.69. The molecule has 1 N–H and O–H groups in total. The van der Waals surface area contributed by atoms with E-state index in [0.717, 1.165) is 31.2 Å². The van der Waals surface area contributed by atoms with Gasteiger partial charge in [-0.25, -0.2) is 0 Å². The number of aliphatic hydroxyl groups is 1. The summed E-state index contributed by atoms with van der Waals surface area (Å²) < 4.78 is 4.10. The van der Waals surface area contributed by atoms with Gasteiger partial charge in [0.1, 0.15) is 6.04 Å². The van der Waals surface area contributed by atoms with Crippen molar-refractivity contribution >= 4 is 29.5 Å². The Morgan fingerprint density at radius 2 is 1.72 bits per heavy atom. The number of cyclic esters (lactones) is 1. The van der Waals surface area contributed by atoms with Crippen molar-refractivity contribution < 1.29 is 24.2 Å². The van der Waals surface area contributed by atoms with Gasteiger partial charge in [0.05, 0.1) is 35.8 Å². The summed E-state index contributed by atoms with van der Waals surface area (Å²) in [5.41, 5.74) is 0.453. The molecule has 1 aromatic rings. The number of hydrogen-bond acceptors (Lipinski definition) is 6. The molecule has 0 saturated carbocycles. The largest absolute Gasteiger partial charge is 0.465 e. The Balaban J connectivity index is 1.66. The summed E-state index contributed by atoms with van der Waals surface area (Å²) >= 11 is 1.56. The first kappa shape index (κ1) is 31.8. The third-order valence-corrected chi connectivity index (χ3v) is 11.3. The summed E-state index contributed by atoms with van der Waals surface area (Å²) in [5, 5.41) is 10.8. The summed E-state index contributed by atoms with van der Waals surface area (Å²) in [6.07, 6.45) is 12.0. The maximum Gasteiger partial charge on any atom is 0.311 e. The Morgan fingerprint density at radius 3 is 2.40 bits per heavy atom. The lowest BCUT2D eigenvalue weighted by molar-refractivity contribution is -0.155. The van der Waals surface area contributed by atoms with Crippen molar-refractivity contribution in [1.82, 2.24) is 9.80 Å². The normalized spacial score (nSPS) is 32.9. The van der Waals surface area contributed by atoms with Gasteiger partial charge in [0, 0.05) is 16.8 Å². The van der Waals surface area contributed by atoms with E-state index in [-0.39, 0.29) is 29.8 Å². The molecule has 43 heavy (non-hydrogen) atoms. The molecule has 234 valence electrons. The smallest absolute Gasteiger partial charge is 0.311 e. The number of aliphatic hydroxyl groups excluding tert-OH is 1. The number of allylic oxidation sites excluding steroid dienone is 1. The van der Waals surface area contributed by atoms with Crippen molar-refractivity contribution in [1.29, 1.82) is 0 Å². The van der Waals surface area contributed by atoms with Crippen molar-refractivity contribution in [2.24, 2.45) is 17.3 Å². The van der Waals surface area contributed by atoms with Gasteiger partial charge in [-0.1, -0.05) is 75.4 Å². The van der Waals surface area contributed by atoms with Crippen LogP contribution in [0.5, 0.6) is 0 Å². The van der Waals surface area contributed by atoms with Crippen LogP contribution in [0.3, 0.4) is 0 Å². The van der Waals surface area contributed by atoms with Crippen LogP contribution in [0, 0.1) is 17.3 Å². The summed E-state index contributed by atoms with van der Waals surface area (Å²) in [5.74, 6) is -2.30. The van der Waals surface area contributed by atoms with Gasteiger partial charge < -0.3 is 19.6 Å². The lowest BCUT2D eigenvalue weighted by atomic mass is 9.74. The second-order valence-corrected chi connectivity index (χ2v) is 16.5. The average Bonchev–Trinajstić information content (AvgIpc) is 3.25. The third-order valence-electron chi connectivity index (χ3n) is 9.55. The van der Waals surface area contributed by atoms with Gasteiger partial charge in [0.2, 0.25) is 11.8 Å². The molecular weight excluding hydrogens is 560 g/mol. The SMILES string of the molecule is CC(C)(C)CC(C)(C)N1CC=C[C@]23S[C@]4(C)/C=C\CCCCOC(=O)[C@@H]4[C@H]2C(=O)N([C@@H](CO)Cc2ccccc2)C3C1=O. The maximum atomic E-state index is 15.0. The molecule has 4 heterocycles. The van der Waals surface area contributed by atoms with Crippen molar-refractivity contribution in [2.75, 3.05) is 19.8 Å². The number of esters is 1. The minimum absolute atomic E-state index is 0.0290. The molecule has 0 bridgehead atoms. The van der Waals surface area contributed by atoms with Gasteiger partial charge in [0.15, 0.2) is 0 Å². The minimum Gasteiger partial charge on any atom is -0.465 e. The maximum absolute atomic E-state index is 15.0. The molecule has 2 saturated heterocycles. The monoisotopic (exact) mass is 608 g/mol. The van der Waals surface area contributed by atoms with E-state index in [1.165, 1.54) is 0 Å². The molecule has 0 radical (unpaired) electrons. The number of likely N-dealkylation sites (tertiary alicyclic amines) is 1. The Bertz CT molecular complexity index is 1290. The van der Waals surface area contributed by atoms with E-state index in [1.54, 1.807) is 16.7 Å². The second kappa shape index (κ2) is 11.7. The number of amides is 2. The molecule has 1 spiro atoms. The molecule has 1 unspecified atom stereocenters. The van der Waals surface area contributed by atoms with Gasteiger partial charge in [-0.2, -0.15) is 0 Å². The molecule has 4 aliphatic heterocycles. The first-order valence-corrected chi connectivity index (χ1v) is 16.6. The lowest BCUT2D eigenvalue weighted by Gasteiger charge is -2.45. The zero-order valence-corrected chi connectivity index (χ0v) is 27.4. The number of ether oxygens (including phenoxy) is 1. The zero-order chi connectivity index (χ0) is 31.2. The van der Waals surface area contributed by atoms with Crippen LogP contribution in [0.2, 0.25) is 0 Å². The quantitative estimate of drug-likeness (QED) is 0.354. The number of rotatable bonds is 6. The first-order chi connectivity index (χ1) is 20.2. The molecule has 1 aromatic carbocycles. The minimum atomic E-state index is -0.984. The van der Waals surface area contributed by atoms with Crippen LogP contribution in [0.25, 0.3) is 0 Å². The molecule has 0 aliphatic carbocycles. The topological polar surface area (TPSA) is 87.2 Å². The van der Waals surface area contributed by atoms with Crippen LogP contribution < -0.4 is 0 Å². The molecule has 0 aromatic heterocycles. The van der Waals surface area contributed by atoms with Gasteiger partial charge in [-0.3, -0.25) is 14.4 Å². The van der Waals surface area contributed by atoms with Crippen LogP contribution in [-0.4, -0.2) is 79.6 Å². The molecule has 6 atom stereocenters. The Morgan fingerprint density at radius 1 is 1.00 bits per heavy atom. The molecule has 2 amide bonds. The van der Waals surface area contributed by atoms with Crippen LogP contribution in [0.1, 0.15) is 72.8 Å². The first-order valence-electron chi connectivity index (χ1n) is 15.7. The summed E-state index contributed by atoms with van der Waals surface area (Å²) in [6.45, 7) is 13.2. The van der Waals surface area contributed by atoms with Crippen molar-refractivity contribution in [3.63, 3.8) is 0 Å². The van der Waals surface area contributed by atoms with Crippen LogP contribution in [-0.2, 0) is 25.5 Å². The van der Waals surface area contributed by atoms with Gasteiger partial charge in [-0.05, 0) is 63.9 Å². The van der Waals surface area contributed by atoms with Crippen molar-refractivity contribution in [2.45, 2.75) is 101 Å². The van der Waals surface area contributed by atoms with Crippen molar-refractivity contribution in [3.05, 3.63) is 60.2 Å². The van der Waals surface area contributed by atoms with Crippen LogP contribution in [0.4, 0.5) is 0 Å². The highest BCUT2D eigenvalue weighted by Gasteiger charge is 2.74.